The number of amides is 1. The number of pyridine rings is 1. The van der Waals surface area contributed by atoms with Gasteiger partial charge in [0.25, 0.3) is 0 Å². The highest BCUT2D eigenvalue weighted by Crippen LogP contribution is 2.00. The van der Waals surface area contributed by atoms with E-state index in [-0.39, 0.29) is 12.5 Å². The van der Waals surface area contributed by atoms with Crippen molar-refractivity contribution in [1.29, 1.82) is 0 Å². The molecule has 0 unspecified atom stereocenters. The van der Waals surface area contributed by atoms with Crippen molar-refractivity contribution in [3.05, 3.63) is 30.1 Å². The Labute approximate surface area is 89.6 Å². The Hall–Kier alpha value is -1.42. The normalized spacial score (nSPS) is 10.0. The fraction of sp³-hybridized carbons (Fsp3) is 0.455. The number of carbonyl (C=O) groups is 1. The molecule has 1 amide bonds. The first kappa shape index (κ1) is 11.7. The van der Waals surface area contributed by atoms with Gasteiger partial charge in [0, 0.05) is 25.5 Å². The summed E-state index contributed by atoms with van der Waals surface area (Å²) in [6.07, 6.45) is 3.71. The third-order valence-electron chi connectivity index (χ3n) is 2.18. The topological polar surface area (TPSA) is 53.4 Å². The van der Waals surface area contributed by atoms with Crippen LogP contribution in [0.5, 0.6) is 0 Å². The molecule has 4 nitrogen and oxygen atoms in total. The molecule has 82 valence electrons. The zero-order chi connectivity index (χ0) is 11.1. The lowest BCUT2D eigenvalue weighted by atomic mass is 10.2. The molecule has 1 heterocycles. The average molecular weight is 208 g/mol. The van der Waals surface area contributed by atoms with E-state index in [9.17, 15) is 4.79 Å². The van der Waals surface area contributed by atoms with E-state index in [2.05, 4.69) is 4.98 Å². The van der Waals surface area contributed by atoms with E-state index in [1.807, 2.05) is 19.1 Å². The molecule has 1 aromatic heterocycles. The standard InChI is InChI=1S/C11H16N2O2/c1-2-13(6-7-14)11(15)8-10-4-3-5-12-9-10/h3-5,9,14H,2,6-8H2,1H3. The Bertz CT molecular complexity index is 301. The van der Waals surface area contributed by atoms with Crippen LogP contribution >= 0.6 is 0 Å². The van der Waals surface area contributed by atoms with Gasteiger partial charge in [-0.15, -0.1) is 0 Å². The highest BCUT2D eigenvalue weighted by Gasteiger charge is 2.11. The van der Waals surface area contributed by atoms with Crippen LogP contribution in [-0.2, 0) is 11.2 Å². The van der Waals surface area contributed by atoms with Crippen molar-refractivity contribution in [2.75, 3.05) is 19.7 Å². The van der Waals surface area contributed by atoms with Crippen molar-refractivity contribution < 1.29 is 9.90 Å². The van der Waals surface area contributed by atoms with Crippen LogP contribution in [0.15, 0.2) is 24.5 Å². The molecule has 15 heavy (non-hydrogen) atoms. The minimum Gasteiger partial charge on any atom is -0.395 e. The number of hydrogen-bond donors (Lipinski definition) is 1. The second kappa shape index (κ2) is 6.14. The van der Waals surface area contributed by atoms with Gasteiger partial charge in [-0.2, -0.15) is 0 Å². The fourth-order valence-electron chi connectivity index (χ4n) is 1.37. The number of likely N-dealkylation sites (N-methyl/N-ethyl adjacent to an activating group) is 1. The summed E-state index contributed by atoms with van der Waals surface area (Å²) in [5, 5.41) is 8.78. The summed E-state index contributed by atoms with van der Waals surface area (Å²) in [5.74, 6) is 0.0274. The lowest BCUT2D eigenvalue weighted by Gasteiger charge is -2.19. The summed E-state index contributed by atoms with van der Waals surface area (Å²) in [6, 6.07) is 3.68. The van der Waals surface area contributed by atoms with E-state index in [1.54, 1.807) is 17.3 Å². The first-order valence-corrected chi connectivity index (χ1v) is 5.05. The molecule has 0 aliphatic rings. The molecule has 1 N–H and O–H groups in total. The number of hydrogen-bond acceptors (Lipinski definition) is 3. The largest absolute Gasteiger partial charge is 0.395 e. The average Bonchev–Trinajstić information content (AvgIpc) is 2.27. The predicted octanol–water partition coefficient (Wildman–Crippen LogP) is 0.465. The van der Waals surface area contributed by atoms with E-state index in [0.717, 1.165) is 5.56 Å². The minimum absolute atomic E-state index is 0.00657. The third-order valence-corrected chi connectivity index (χ3v) is 2.18. The molecule has 0 bridgehead atoms. The monoisotopic (exact) mass is 208 g/mol. The van der Waals surface area contributed by atoms with Gasteiger partial charge in [-0.25, -0.2) is 0 Å². The molecule has 1 rings (SSSR count). The van der Waals surface area contributed by atoms with Crippen LogP contribution in [0, 0.1) is 0 Å². The summed E-state index contributed by atoms with van der Waals surface area (Å²) in [7, 11) is 0. The Kier molecular flexibility index (Phi) is 4.77. The zero-order valence-corrected chi connectivity index (χ0v) is 8.89. The quantitative estimate of drug-likeness (QED) is 0.765. The van der Waals surface area contributed by atoms with Crippen molar-refractivity contribution in [1.82, 2.24) is 9.88 Å². The van der Waals surface area contributed by atoms with Crippen LogP contribution in [0.25, 0.3) is 0 Å². The summed E-state index contributed by atoms with van der Waals surface area (Å²) in [5.41, 5.74) is 0.902. The Morgan fingerprint density at radius 2 is 2.40 bits per heavy atom. The maximum atomic E-state index is 11.7. The molecule has 0 saturated heterocycles. The Morgan fingerprint density at radius 1 is 1.60 bits per heavy atom. The summed E-state index contributed by atoms with van der Waals surface area (Å²) in [6.45, 7) is 2.93. The second-order valence-electron chi connectivity index (χ2n) is 3.24. The zero-order valence-electron chi connectivity index (χ0n) is 8.89. The molecule has 0 radical (unpaired) electrons. The number of aromatic nitrogens is 1. The second-order valence-corrected chi connectivity index (χ2v) is 3.24. The highest BCUT2D eigenvalue weighted by atomic mass is 16.3. The molecular formula is C11H16N2O2. The molecule has 1 aromatic rings. The Morgan fingerprint density at radius 3 is 2.93 bits per heavy atom. The van der Waals surface area contributed by atoms with Gasteiger partial charge in [0.2, 0.25) is 5.91 Å². The van der Waals surface area contributed by atoms with Crippen LogP contribution in [0.1, 0.15) is 12.5 Å². The molecule has 0 aromatic carbocycles. The van der Waals surface area contributed by atoms with Crippen LogP contribution in [0.4, 0.5) is 0 Å². The van der Waals surface area contributed by atoms with Gasteiger partial charge >= 0.3 is 0 Å². The molecular weight excluding hydrogens is 192 g/mol. The van der Waals surface area contributed by atoms with Crippen molar-refractivity contribution in [2.24, 2.45) is 0 Å². The number of nitrogens with zero attached hydrogens (tertiary/aromatic N) is 2. The molecule has 4 heteroatoms. The smallest absolute Gasteiger partial charge is 0.227 e. The first-order chi connectivity index (χ1) is 7.27. The highest BCUT2D eigenvalue weighted by molar-refractivity contribution is 5.78. The summed E-state index contributed by atoms with van der Waals surface area (Å²) >= 11 is 0. The molecule has 0 saturated carbocycles. The van der Waals surface area contributed by atoms with Crippen LogP contribution < -0.4 is 0 Å². The summed E-state index contributed by atoms with van der Waals surface area (Å²) < 4.78 is 0. The third kappa shape index (κ3) is 3.67. The summed E-state index contributed by atoms with van der Waals surface area (Å²) in [4.78, 5) is 17.3. The Balaban J connectivity index is 2.54. The van der Waals surface area contributed by atoms with E-state index >= 15 is 0 Å². The van der Waals surface area contributed by atoms with Crippen LogP contribution in [0.3, 0.4) is 0 Å². The van der Waals surface area contributed by atoms with Gasteiger partial charge in [-0.05, 0) is 18.6 Å². The molecule has 0 fully saturated rings. The molecule has 0 aliphatic heterocycles. The first-order valence-electron chi connectivity index (χ1n) is 5.05. The SMILES string of the molecule is CCN(CCO)C(=O)Cc1cccnc1. The fourth-order valence-corrected chi connectivity index (χ4v) is 1.37. The van der Waals surface area contributed by atoms with Gasteiger partial charge in [0.05, 0.1) is 13.0 Å². The van der Waals surface area contributed by atoms with Gasteiger partial charge < -0.3 is 10.0 Å². The minimum atomic E-state index is 0.00657. The van der Waals surface area contributed by atoms with E-state index in [1.165, 1.54) is 0 Å². The van der Waals surface area contributed by atoms with Crippen molar-refractivity contribution in [3.63, 3.8) is 0 Å². The number of rotatable bonds is 5. The maximum absolute atomic E-state index is 11.7. The number of aliphatic hydroxyl groups excluding tert-OH is 1. The maximum Gasteiger partial charge on any atom is 0.227 e. The van der Waals surface area contributed by atoms with Gasteiger partial charge in [0.15, 0.2) is 0 Å². The van der Waals surface area contributed by atoms with E-state index in [0.29, 0.717) is 19.5 Å². The van der Waals surface area contributed by atoms with Gasteiger partial charge in [-0.1, -0.05) is 6.07 Å². The molecule has 0 spiro atoms. The molecule has 0 atom stereocenters. The van der Waals surface area contributed by atoms with E-state index in [4.69, 9.17) is 5.11 Å². The lowest BCUT2D eigenvalue weighted by molar-refractivity contribution is -0.130. The van der Waals surface area contributed by atoms with Gasteiger partial charge in [-0.3, -0.25) is 9.78 Å². The van der Waals surface area contributed by atoms with Crippen LogP contribution in [-0.4, -0.2) is 40.6 Å². The van der Waals surface area contributed by atoms with Crippen molar-refractivity contribution in [2.45, 2.75) is 13.3 Å². The van der Waals surface area contributed by atoms with Crippen molar-refractivity contribution in [3.8, 4) is 0 Å². The van der Waals surface area contributed by atoms with Crippen molar-refractivity contribution >= 4 is 5.91 Å². The number of aliphatic hydroxyl groups is 1. The van der Waals surface area contributed by atoms with Crippen LogP contribution in [0.2, 0.25) is 0 Å². The predicted molar refractivity (Wildman–Crippen MR) is 57.3 cm³/mol. The molecule has 0 aliphatic carbocycles. The van der Waals surface area contributed by atoms with E-state index < -0.39 is 0 Å². The number of carbonyl (C=O) groups excluding carboxylic acids is 1. The van der Waals surface area contributed by atoms with Gasteiger partial charge in [0.1, 0.15) is 0 Å². The lowest BCUT2D eigenvalue weighted by Crippen LogP contribution is -2.34.